The Hall–Kier alpha value is -0.300. The molecule has 0 aromatic rings. The highest BCUT2D eigenvalue weighted by Crippen LogP contribution is 2.54. The Morgan fingerprint density at radius 2 is 1.57 bits per heavy atom. The molecule has 0 aromatic carbocycles. The van der Waals surface area contributed by atoms with Crippen LogP contribution in [0.4, 0.5) is 0 Å². The fourth-order valence-corrected chi connectivity index (χ4v) is 4.11. The summed E-state index contributed by atoms with van der Waals surface area (Å²) in [7, 11) is 0. The smallest absolute Gasteiger partial charge is 0.0241 e. The van der Waals surface area contributed by atoms with Crippen LogP contribution in [0.2, 0.25) is 0 Å². The summed E-state index contributed by atoms with van der Waals surface area (Å²) >= 11 is 0. The maximum Gasteiger partial charge on any atom is 0.0241 e. The molecule has 0 amide bonds. The molecule has 1 fully saturated rings. The molecule has 1 saturated carbocycles. The van der Waals surface area contributed by atoms with Crippen LogP contribution < -0.4 is 0 Å². The average molecular weight is 294 g/mol. The van der Waals surface area contributed by atoms with E-state index in [1.54, 1.807) is 0 Å². The lowest BCUT2D eigenvalue weighted by Gasteiger charge is -2.31. The Labute approximate surface area is 134 Å². The predicted molar refractivity (Wildman–Crippen MR) is 95.8 cm³/mol. The highest BCUT2D eigenvalue weighted by atomic mass is 15.2. The van der Waals surface area contributed by atoms with Crippen LogP contribution in [0.5, 0.6) is 0 Å². The van der Waals surface area contributed by atoms with Gasteiger partial charge in [-0.15, -0.1) is 0 Å². The molecule has 1 aliphatic carbocycles. The largest absolute Gasteiger partial charge is 0.298 e. The third-order valence-corrected chi connectivity index (χ3v) is 5.34. The first kappa shape index (κ1) is 18.7. The van der Waals surface area contributed by atoms with E-state index < -0.39 is 0 Å². The summed E-state index contributed by atoms with van der Waals surface area (Å²) in [5.74, 6) is 0.978. The molecule has 1 nitrogen and oxygen atoms in total. The van der Waals surface area contributed by atoms with Gasteiger partial charge in [-0.3, -0.25) is 4.90 Å². The van der Waals surface area contributed by atoms with Crippen LogP contribution in [-0.2, 0) is 0 Å². The first-order valence-corrected chi connectivity index (χ1v) is 9.65. The van der Waals surface area contributed by atoms with Crippen LogP contribution in [0.15, 0.2) is 12.2 Å². The van der Waals surface area contributed by atoms with Crippen molar-refractivity contribution < 1.29 is 0 Å². The van der Waals surface area contributed by atoms with Gasteiger partial charge >= 0.3 is 0 Å². The Morgan fingerprint density at radius 3 is 2.14 bits per heavy atom. The van der Waals surface area contributed by atoms with E-state index in [0.717, 1.165) is 5.92 Å². The molecular formula is C20H39N. The van der Waals surface area contributed by atoms with Gasteiger partial charge in [-0.1, -0.05) is 59.1 Å². The van der Waals surface area contributed by atoms with Crippen LogP contribution in [0, 0.1) is 5.92 Å². The monoisotopic (exact) mass is 293 g/mol. The highest BCUT2D eigenvalue weighted by Gasteiger charge is 2.55. The summed E-state index contributed by atoms with van der Waals surface area (Å²) in [5.41, 5.74) is 0.586. The van der Waals surface area contributed by atoms with E-state index in [2.05, 4.69) is 44.7 Å². The van der Waals surface area contributed by atoms with Crippen molar-refractivity contribution in [3.8, 4) is 0 Å². The van der Waals surface area contributed by atoms with Crippen LogP contribution in [0.3, 0.4) is 0 Å². The van der Waals surface area contributed by atoms with Gasteiger partial charge in [-0.2, -0.15) is 0 Å². The minimum atomic E-state index is 0.586. The normalized spacial score (nSPS) is 25.1. The van der Waals surface area contributed by atoms with Gasteiger partial charge in [0.1, 0.15) is 0 Å². The predicted octanol–water partition coefficient (Wildman–Crippen LogP) is 6.19. The highest BCUT2D eigenvalue weighted by molar-refractivity contribution is 5.10. The molecule has 0 heterocycles. The number of hydrogen-bond donors (Lipinski definition) is 0. The van der Waals surface area contributed by atoms with E-state index in [0.29, 0.717) is 5.54 Å². The Morgan fingerprint density at radius 1 is 0.905 bits per heavy atom. The Bertz CT molecular complexity index is 280. The van der Waals surface area contributed by atoms with Crippen molar-refractivity contribution in [3.63, 3.8) is 0 Å². The van der Waals surface area contributed by atoms with Crippen LogP contribution in [-0.4, -0.2) is 23.5 Å². The Balaban J connectivity index is 2.21. The lowest BCUT2D eigenvalue weighted by atomic mass is 10.0. The van der Waals surface area contributed by atoms with Gasteiger partial charge < -0.3 is 0 Å². The van der Waals surface area contributed by atoms with Crippen LogP contribution in [0.1, 0.15) is 91.9 Å². The van der Waals surface area contributed by atoms with Gasteiger partial charge in [0.2, 0.25) is 0 Å². The second-order valence-electron chi connectivity index (χ2n) is 6.83. The zero-order valence-electron chi connectivity index (χ0n) is 15.2. The molecular weight excluding hydrogens is 254 g/mol. The second-order valence-corrected chi connectivity index (χ2v) is 6.83. The first-order chi connectivity index (χ1) is 10.2. The zero-order chi connectivity index (χ0) is 15.6. The molecule has 0 unspecified atom stereocenters. The van der Waals surface area contributed by atoms with Crippen molar-refractivity contribution in [2.24, 2.45) is 5.92 Å². The van der Waals surface area contributed by atoms with Gasteiger partial charge in [0.05, 0.1) is 0 Å². The maximum absolute atomic E-state index is 2.74. The van der Waals surface area contributed by atoms with Gasteiger partial charge in [-0.25, -0.2) is 0 Å². The van der Waals surface area contributed by atoms with E-state index in [9.17, 15) is 0 Å². The van der Waals surface area contributed by atoms with Crippen molar-refractivity contribution in [1.82, 2.24) is 4.90 Å². The molecule has 2 atom stereocenters. The van der Waals surface area contributed by atoms with Crippen molar-refractivity contribution in [2.45, 2.75) is 97.4 Å². The summed E-state index contributed by atoms with van der Waals surface area (Å²) in [6.07, 6.45) is 18.5. The molecule has 21 heavy (non-hydrogen) atoms. The van der Waals surface area contributed by atoms with Crippen molar-refractivity contribution in [2.75, 3.05) is 13.1 Å². The molecule has 1 heteroatoms. The summed E-state index contributed by atoms with van der Waals surface area (Å²) in [4.78, 5) is 2.74. The molecule has 0 aromatic heterocycles. The van der Waals surface area contributed by atoms with Crippen LogP contribution in [0.25, 0.3) is 0 Å². The van der Waals surface area contributed by atoms with Crippen molar-refractivity contribution in [3.05, 3.63) is 12.2 Å². The minimum Gasteiger partial charge on any atom is -0.298 e. The van der Waals surface area contributed by atoms with E-state index in [1.165, 1.54) is 77.3 Å². The van der Waals surface area contributed by atoms with Gasteiger partial charge in [0.15, 0.2) is 0 Å². The molecule has 1 aliphatic rings. The van der Waals surface area contributed by atoms with Crippen molar-refractivity contribution >= 4 is 0 Å². The molecule has 0 bridgehead atoms. The molecule has 1 rings (SSSR count). The number of nitrogens with zero attached hydrogens (tertiary/aromatic N) is 1. The molecule has 0 N–H and O–H groups in total. The SMILES string of the molecule is CCCCC/C=C/CCC[C@@H]1C[C@]1(CCC)N(CC)CC. The summed E-state index contributed by atoms with van der Waals surface area (Å²) < 4.78 is 0. The topological polar surface area (TPSA) is 3.24 Å². The molecule has 0 spiro atoms. The van der Waals surface area contributed by atoms with E-state index >= 15 is 0 Å². The quantitative estimate of drug-likeness (QED) is 0.289. The zero-order valence-corrected chi connectivity index (χ0v) is 15.2. The summed E-state index contributed by atoms with van der Waals surface area (Å²) in [6.45, 7) is 11.7. The van der Waals surface area contributed by atoms with Gasteiger partial charge in [0, 0.05) is 5.54 Å². The van der Waals surface area contributed by atoms with E-state index in [4.69, 9.17) is 0 Å². The lowest BCUT2D eigenvalue weighted by Crippen LogP contribution is -2.38. The Kier molecular flexibility index (Phi) is 9.31. The fraction of sp³-hybridized carbons (Fsp3) is 0.900. The van der Waals surface area contributed by atoms with Crippen LogP contribution >= 0.6 is 0 Å². The molecule has 0 radical (unpaired) electrons. The van der Waals surface area contributed by atoms with Crippen molar-refractivity contribution in [1.29, 1.82) is 0 Å². The summed E-state index contributed by atoms with van der Waals surface area (Å²) in [6, 6.07) is 0. The standard InChI is InChI=1S/C20H39N/c1-5-9-10-11-12-13-14-15-16-19-18-20(19,17-6-2)21(7-3)8-4/h12-13,19H,5-11,14-18H2,1-4H3/b13-12+/t19-,20+/m1/s1. The molecule has 0 aliphatic heterocycles. The van der Waals surface area contributed by atoms with Gasteiger partial charge in [0.25, 0.3) is 0 Å². The molecule has 0 saturated heterocycles. The third kappa shape index (κ3) is 5.77. The van der Waals surface area contributed by atoms with Gasteiger partial charge in [-0.05, 0) is 64.0 Å². The molecule has 124 valence electrons. The third-order valence-electron chi connectivity index (χ3n) is 5.34. The second kappa shape index (κ2) is 10.4. The number of rotatable bonds is 13. The number of unbranched alkanes of at least 4 members (excludes halogenated alkanes) is 4. The fourth-order valence-electron chi connectivity index (χ4n) is 4.11. The van der Waals surface area contributed by atoms with E-state index in [1.807, 2.05) is 0 Å². The maximum atomic E-state index is 2.74. The average Bonchev–Trinajstić information content (AvgIpc) is 3.17. The lowest BCUT2D eigenvalue weighted by molar-refractivity contribution is 0.165. The van der Waals surface area contributed by atoms with E-state index in [-0.39, 0.29) is 0 Å². The number of hydrogen-bond acceptors (Lipinski definition) is 1. The minimum absolute atomic E-state index is 0.586. The first-order valence-electron chi connectivity index (χ1n) is 9.65. The number of allylic oxidation sites excluding steroid dienone is 2. The summed E-state index contributed by atoms with van der Waals surface area (Å²) in [5, 5.41) is 0.